The first-order valence-corrected chi connectivity index (χ1v) is 5.05. The number of halogens is 3. The van der Waals surface area contributed by atoms with E-state index in [4.69, 9.17) is 5.11 Å². The second kappa shape index (κ2) is 3.79. The van der Waals surface area contributed by atoms with Gasteiger partial charge in [0.2, 0.25) is 0 Å². The van der Waals surface area contributed by atoms with Gasteiger partial charge in [-0.05, 0) is 12.1 Å². The highest BCUT2D eigenvalue weighted by Crippen LogP contribution is 2.45. The molecule has 0 aromatic carbocycles. The molecule has 96 valence electrons. The van der Waals surface area contributed by atoms with Crippen LogP contribution in [0.1, 0.15) is 24.1 Å². The fourth-order valence-electron chi connectivity index (χ4n) is 2.06. The first-order chi connectivity index (χ1) is 8.27. The lowest BCUT2D eigenvalue weighted by Gasteiger charge is -2.36. The van der Waals surface area contributed by atoms with Gasteiger partial charge in [-0.15, -0.1) is 0 Å². The molecule has 1 aromatic rings. The highest BCUT2D eigenvalue weighted by molar-refractivity contribution is 6.01. The number of aliphatic carboxylic acids is 1. The molecule has 2 rings (SSSR count). The third-order valence-electron chi connectivity index (χ3n) is 2.97. The summed E-state index contributed by atoms with van der Waals surface area (Å²) in [6, 6.07) is 1.86. The first kappa shape index (κ1) is 12.5. The summed E-state index contributed by atoms with van der Waals surface area (Å²) >= 11 is 0. The van der Waals surface area contributed by atoms with Crippen molar-refractivity contribution in [3.63, 3.8) is 0 Å². The van der Waals surface area contributed by atoms with E-state index >= 15 is 0 Å². The van der Waals surface area contributed by atoms with E-state index < -0.39 is 41.7 Å². The predicted molar refractivity (Wildman–Crippen MR) is 52.8 cm³/mol. The Labute approximate surface area is 99.4 Å². The summed E-state index contributed by atoms with van der Waals surface area (Å²) in [7, 11) is 0. The molecule has 0 bridgehead atoms. The van der Waals surface area contributed by atoms with Crippen LogP contribution in [0.5, 0.6) is 0 Å². The Morgan fingerprint density at radius 2 is 2.00 bits per heavy atom. The average molecular weight is 259 g/mol. The van der Waals surface area contributed by atoms with E-state index in [2.05, 4.69) is 4.98 Å². The molecule has 7 heteroatoms. The van der Waals surface area contributed by atoms with Crippen LogP contribution in [0.3, 0.4) is 0 Å². The van der Waals surface area contributed by atoms with Gasteiger partial charge in [-0.25, -0.2) is 0 Å². The van der Waals surface area contributed by atoms with Crippen LogP contribution in [0.2, 0.25) is 0 Å². The summed E-state index contributed by atoms with van der Waals surface area (Å²) in [5.41, 5.74) is -3.51. The molecule has 0 radical (unpaired) electrons. The van der Waals surface area contributed by atoms with E-state index in [1.54, 1.807) is 0 Å². The SMILES string of the molecule is O=C1CC(C(=O)O)(c2ncccc2C(F)(F)F)C1. The number of ketones is 1. The Kier molecular flexibility index (Phi) is 2.64. The van der Waals surface area contributed by atoms with Crippen LogP contribution in [0.15, 0.2) is 18.3 Å². The highest BCUT2D eigenvalue weighted by atomic mass is 19.4. The third-order valence-corrected chi connectivity index (χ3v) is 2.97. The zero-order valence-electron chi connectivity index (χ0n) is 8.99. The number of aromatic nitrogens is 1. The van der Waals surface area contributed by atoms with Crippen molar-refractivity contribution in [2.75, 3.05) is 0 Å². The van der Waals surface area contributed by atoms with Gasteiger partial charge in [0.1, 0.15) is 11.2 Å². The molecular weight excluding hydrogens is 251 g/mol. The molecule has 4 nitrogen and oxygen atoms in total. The number of carboxylic acid groups (broad SMARTS) is 1. The Morgan fingerprint density at radius 1 is 1.39 bits per heavy atom. The van der Waals surface area contributed by atoms with Gasteiger partial charge in [-0.3, -0.25) is 14.6 Å². The largest absolute Gasteiger partial charge is 0.481 e. The summed E-state index contributed by atoms with van der Waals surface area (Å²) in [6.07, 6.45) is -4.48. The Bertz CT molecular complexity index is 517. The lowest BCUT2D eigenvalue weighted by Crippen LogP contribution is -2.50. The maximum absolute atomic E-state index is 12.8. The van der Waals surface area contributed by atoms with Crippen molar-refractivity contribution in [1.29, 1.82) is 0 Å². The molecule has 0 amide bonds. The van der Waals surface area contributed by atoms with Crippen molar-refractivity contribution in [1.82, 2.24) is 4.98 Å². The molecule has 0 atom stereocenters. The van der Waals surface area contributed by atoms with Gasteiger partial charge in [-0.1, -0.05) is 0 Å². The number of hydrogen-bond acceptors (Lipinski definition) is 3. The van der Waals surface area contributed by atoms with Crippen molar-refractivity contribution in [2.24, 2.45) is 0 Å². The van der Waals surface area contributed by atoms with Crippen molar-refractivity contribution < 1.29 is 27.9 Å². The van der Waals surface area contributed by atoms with Crippen LogP contribution in [0, 0.1) is 0 Å². The molecule has 18 heavy (non-hydrogen) atoms. The van der Waals surface area contributed by atoms with Gasteiger partial charge >= 0.3 is 12.1 Å². The number of Topliss-reactive ketones (excluding diaryl/α,β-unsaturated/α-hetero) is 1. The van der Waals surface area contributed by atoms with E-state index in [0.717, 1.165) is 18.3 Å². The summed E-state index contributed by atoms with van der Waals surface area (Å²) < 4.78 is 38.3. The summed E-state index contributed by atoms with van der Waals surface area (Å²) in [6.45, 7) is 0. The number of hydrogen-bond donors (Lipinski definition) is 1. The van der Waals surface area contributed by atoms with Crippen molar-refractivity contribution in [3.05, 3.63) is 29.6 Å². The van der Waals surface area contributed by atoms with Crippen molar-refractivity contribution >= 4 is 11.8 Å². The average Bonchev–Trinajstić information content (AvgIpc) is 2.23. The lowest BCUT2D eigenvalue weighted by atomic mass is 9.64. The zero-order valence-corrected chi connectivity index (χ0v) is 8.99. The van der Waals surface area contributed by atoms with Crippen molar-refractivity contribution in [3.8, 4) is 0 Å². The van der Waals surface area contributed by atoms with E-state index in [0.29, 0.717) is 0 Å². The molecular formula is C11H8F3NO3. The Morgan fingerprint density at radius 3 is 2.44 bits per heavy atom. The first-order valence-electron chi connectivity index (χ1n) is 5.05. The van der Waals surface area contributed by atoms with Crippen LogP contribution in [-0.4, -0.2) is 21.8 Å². The normalized spacial score (nSPS) is 18.3. The molecule has 1 aliphatic rings. The molecule has 1 aromatic heterocycles. The number of carboxylic acids is 1. The van der Waals surface area contributed by atoms with Crippen LogP contribution in [-0.2, 0) is 21.2 Å². The van der Waals surface area contributed by atoms with Crippen LogP contribution >= 0.6 is 0 Å². The second-order valence-corrected chi connectivity index (χ2v) is 4.18. The molecule has 0 unspecified atom stereocenters. The van der Waals surface area contributed by atoms with Gasteiger partial charge in [-0.2, -0.15) is 13.2 Å². The maximum Gasteiger partial charge on any atom is 0.418 e. The van der Waals surface area contributed by atoms with E-state index in [1.165, 1.54) is 0 Å². The number of pyridine rings is 1. The standard InChI is InChI=1S/C11H8F3NO3/c12-11(13,14)7-2-1-3-15-8(7)10(9(17)18)4-6(16)5-10/h1-3H,4-5H2,(H,17,18). The van der Waals surface area contributed by atoms with Gasteiger partial charge in [0, 0.05) is 19.0 Å². The Hall–Kier alpha value is -1.92. The van der Waals surface area contributed by atoms with Crippen molar-refractivity contribution in [2.45, 2.75) is 24.4 Å². The van der Waals surface area contributed by atoms with Gasteiger partial charge in [0.15, 0.2) is 0 Å². The van der Waals surface area contributed by atoms with Crippen LogP contribution in [0.4, 0.5) is 13.2 Å². The fraction of sp³-hybridized carbons (Fsp3) is 0.364. The molecule has 1 heterocycles. The molecule has 1 saturated carbocycles. The molecule has 0 spiro atoms. The number of rotatable bonds is 2. The van der Waals surface area contributed by atoms with E-state index in [9.17, 15) is 22.8 Å². The van der Waals surface area contributed by atoms with Gasteiger partial charge in [0.05, 0.1) is 11.3 Å². The molecule has 0 aliphatic heterocycles. The predicted octanol–water partition coefficient (Wildman–Crippen LogP) is 1.79. The third kappa shape index (κ3) is 1.75. The lowest BCUT2D eigenvalue weighted by molar-refractivity contribution is -0.155. The minimum Gasteiger partial charge on any atom is -0.481 e. The monoisotopic (exact) mass is 259 g/mol. The van der Waals surface area contributed by atoms with Crippen LogP contribution < -0.4 is 0 Å². The fourth-order valence-corrected chi connectivity index (χ4v) is 2.06. The number of carbonyl (C=O) groups is 2. The summed E-state index contributed by atoms with van der Waals surface area (Å²) in [5, 5.41) is 9.09. The molecule has 1 fully saturated rings. The second-order valence-electron chi connectivity index (χ2n) is 4.18. The summed E-state index contributed by atoms with van der Waals surface area (Å²) in [4.78, 5) is 25.7. The van der Waals surface area contributed by atoms with E-state index in [1.807, 2.05) is 0 Å². The number of carbonyl (C=O) groups excluding carboxylic acids is 1. The molecule has 1 N–H and O–H groups in total. The summed E-state index contributed by atoms with van der Waals surface area (Å²) in [5.74, 6) is -1.83. The quantitative estimate of drug-likeness (QED) is 0.879. The molecule has 0 saturated heterocycles. The Balaban J connectivity index is 2.57. The van der Waals surface area contributed by atoms with Gasteiger partial charge < -0.3 is 5.11 Å². The minimum absolute atomic E-state index is 0.379. The maximum atomic E-state index is 12.8. The topological polar surface area (TPSA) is 67.3 Å². The number of nitrogens with zero attached hydrogens (tertiary/aromatic N) is 1. The van der Waals surface area contributed by atoms with Crippen LogP contribution in [0.25, 0.3) is 0 Å². The smallest absolute Gasteiger partial charge is 0.418 e. The van der Waals surface area contributed by atoms with Gasteiger partial charge in [0.25, 0.3) is 0 Å². The minimum atomic E-state index is -4.69. The zero-order chi connectivity index (χ0) is 13.6. The molecule has 1 aliphatic carbocycles. The van der Waals surface area contributed by atoms with E-state index in [-0.39, 0.29) is 5.78 Å². The number of alkyl halides is 3. The highest BCUT2D eigenvalue weighted by Gasteiger charge is 2.55.